The predicted molar refractivity (Wildman–Crippen MR) is 123 cm³/mol. The zero-order valence-electron chi connectivity index (χ0n) is 18.3. The summed E-state index contributed by atoms with van der Waals surface area (Å²) in [4.78, 5) is 26.1. The topological polar surface area (TPSA) is 91.7 Å². The number of terminal acetylenes is 1. The first-order chi connectivity index (χ1) is 15.4. The van der Waals surface area contributed by atoms with Gasteiger partial charge in [-0.2, -0.15) is 0 Å². The number of hydrogen-bond donors (Lipinski definition) is 2. The number of carbonyl (C=O) groups is 2. The number of hydrogen-bond acceptors (Lipinski definition) is 5. The van der Waals surface area contributed by atoms with E-state index < -0.39 is 0 Å². The van der Waals surface area contributed by atoms with Crippen molar-refractivity contribution in [2.75, 3.05) is 32.1 Å². The highest BCUT2D eigenvalue weighted by molar-refractivity contribution is 6.05. The molecule has 1 aliphatic heterocycles. The lowest BCUT2D eigenvalue weighted by Gasteiger charge is -2.25. The highest BCUT2D eigenvalue weighted by Crippen LogP contribution is 2.30. The molecule has 166 valence electrons. The predicted octanol–water partition coefficient (Wildman–Crippen LogP) is 3.33. The van der Waals surface area contributed by atoms with Crippen molar-refractivity contribution in [3.05, 3.63) is 59.2 Å². The molecule has 1 amide bonds. The number of esters is 1. The SMILES string of the molecule is C#CCN(C)C(=N)c1ccc(NC(=O)c2ccc3c(c2)OCC(CC(=O)OCC)C3)cc1. The minimum atomic E-state index is -0.252. The van der Waals surface area contributed by atoms with Crippen molar-refractivity contribution in [3.8, 4) is 18.1 Å². The van der Waals surface area contributed by atoms with E-state index in [2.05, 4.69) is 11.2 Å². The Kier molecular flexibility index (Phi) is 7.50. The van der Waals surface area contributed by atoms with Crippen LogP contribution in [0.4, 0.5) is 5.69 Å². The number of fused-ring (bicyclic) bond motifs is 1. The van der Waals surface area contributed by atoms with Crippen molar-refractivity contribution < 1.29 is 19.1 Å². The van der Waals surface area contributed by atoms with Crippen LogP contribution in [0.2, 0.25) is 0 Å². The Hall–Kier alpha value is -3.79. The van der Waals surface area contributed by atoms with Crippen LogP contribution in [0.1, 0.15) is 34.8 Å². The molecule has 3 rings (SSSR count). The molecule has 0 spiro atoms. The van der Waals surface area contributed by atoms with Crippen LogP contribution >= 0.6 is 0 Å². The molecule has 1 aliphatic rings. The molecule has 0 saturated heterocycles. The van der Waals surface area contributed by atoms with Gasteiger partial charge < -0.3 is 19.7 Å². The lowest BCUT2D eigenvalue weighted by atomic mass is 9.93. The number of ether oxygens (including phenoxy) is 2. The van der Waals surface area contributed by atoms with Gasteiger partial charge in [-0.15, -0.1) is 6.42 Å². The van der Waals surface area contributed by atoms with Crippen molar-refractivity contribution in [3.63, 3.8) is 0 Å². The standard InChI is InChI=1S/C25H27N3O4/c1-4-12-28(3)24(26)18-8-10-21(11-9-18)27-25(30)20-7-6-19-13-17(14-23(29)31-5-2)16-32-22(19)15-20/h1,6-11,15,17,26H,5,12-14,16H2,2-3H3,(H,27,30). The smallest absolute Gasteiger partial charge is 0.306 e. The van der Waals surface area contributed by atoms with E-state index in [0.717, 1.165) is 5.56 Å². The normalized spacial score (nSPS) is 14.3. The average Bonchev–Trinajstić information content (AvgIpc) is 2.79. The molecule has 7 heteroatoms. The molecule has 0 saturated carbocycles. The molecule has 2 aromatic rings. The summed E-state index contributed by atoms with van der Waals surface area (Å²) in [6.45, 7) is 2.92. The number of benzene rings is 2. The second-order valence-corrected chi connectivity index (χ2v) is 7.65. The van der Waals surface area contributed by atoms with Gasteiger partial charge in [0.15, 0.2) is 0 Å². The maximum absolute atomic E-state index is 12.7. The fourth-order valence-electron chi connectivity index (χ4n) is 3.51. The van der Waals surface area contributed by atoms with Crippen molar-refractivity contribution >= 4 is 23.4 Å². The molecule has 1 unspecified atom stereocenters. The Morgan fingerprint density at radius 2 is 1.97 bits per heavy atom. The number of amidine groups is 1. The zero-order valence-corrected chi connectivity index (χ0v) is 18.3. The molecular formula is C25H27N3O4. The first-order valence-corrected chi connectivity index (χ1v) is 10.5. The average molecular weight is 434 g/mol. The quantitative estimate of drug-likeness (QED) is 0.302. The van der Waals surface area contributed by atoms with E-state index in [0.29, 0.717) is 61.0 Å². The van der Waals surface area contributed by atoms with Gasteiger partial charge in [0.2, 0.25) is 0 Å². The van der Waals surface area contributed by atoms with Crippen LogP contribution < -0.4 is 10.1 Å². The second kappa shape index (κ2) is 10.5. The van der Waals surface area contributed by atoms with Gasteiger partial charge in [0.05, 0.1) is 26.2 Å². The van der Waals surface area contributed by atoms with E-state index in [1.807, 2.05) is 6.07 Å². The molecule has 0 radical (unpaired) electrons. The van der Waals surface area contributed by atoms with Crippen molar-refractivity contribution in [2.24, 2.45) is 5.92 Å². The first-order valence-electron chi connectivity index (χ1n) is 10.5. The summed E-state index contributed by atoms with van der Waals surface area (Å²) in [6, 6.07) is 12.4. The number of anilines is 1. The molecule has 0 aromatic heterocycles. The molecule has 2 aromatic carbocycles. The van der Waals surface area contributed by atoms with Crippen molar-refractivity contribution in [1.29, 1.82) is 5.41 Å². The molecule has 0 aliphatic carbocycles. The molecule has 1 atom stereocenters. The zero-order chi connectivity index (χ0) is 23.1. The highest BCUT2D eigenvalue weighted by Gasteiger charge is 2.24. The lowest BCUT2D eigenvalue weighted by molar-refractivity contribution is -0.144. The number of nitrogens with one attached hydrogen (secondary N) is 2. The minimum Gasteiger partial charge on any atom is -0.493 e. The van der Waals surface area contributed by atoms with E-state index >= 15 is 0 Å². The van der Waals surface area contributed by atoms with E-state index in [-0.39, 0.29) is 17.8 Å². The Balaban J connectivity index is 1.61. The molecular weight excluding hydrogens is 406 g/mol. The fraction of sp³-hybridized carbons (Fsp3) is 0.320. The van der Waals surface area contributed by atoms with Crippen LogP contribution in [-0.4, -0.2) is 49.4 Å². The number of nitrogens with zero attached hydrogens (tertiary/aromatic N) is 1. The van der Waals surface area contributed by atoms with Gasteiger partial charge in [-0.1, -0.05) is 12.0 Å². The number of carbonyl (C=O) groups excluding carboxylic acids is 2. The Morgan fingerprint density at radius 3 is 2.66 bits per heavy atom. The maximum atomic E-state index is 12.7. The molecule has 2 N–H and O–H groups in total. The summed E-state index contributed by atoms with van der Waals surface area (Å²) in [6.07, 6.45) is 6.32. The van der Waals surface area contributed by atoms with Gasteiger partial charge >= 0.3 is 5.97 Å². The maximum Gasteiger partial charge on any atom is 0.306 e. The summed E-state index contributed by atoms with van der Waals surface area (Å²) in [5.74, 6) is 3.08. The first kappa shape index (κ1) is 22.9. The highest BCUT2D eigenvalue weighted by atomic mass is 16.5. The summed E-state index contributed by atoms with van der Waals surface area (Å²) < 4.78 is 10.8. The molecule has 1 heterocycles. The molecule has 0 fully saturated rings. The van der Waals surface area contributed by atoms with Crippen LogP contribution in [0.15, 0.2) is 42.5 Å². The van der Waals surface area contributed by atoms with E-state index in [1.54, 1.807) is 55.3 Å². The monoisotopic (exact) mass is 433 g/mol. The molecule has 32 heavy (non-hydrogen) atoms. The van der Waals surface area contributed by atoms with Gasteiger partial charge in [-0.3, -0.25) is 15.0 Å². The third-order valence-corrected chi connectivity index (χ3v) is 5.20. The minimum absolute atomic E-state index is 0.0677. The Bertz CT molecular complexity index is 1040. The summed E-state index contributed by atoms with van der Waals surface area (Å²) in [5, 5.41) is 11.0. The van der Waals surface area contributed by atoms with Gasteiger partial charge in [0.1, 0.15) is 11.6 Å². The lowest BCUT2D eigenvalue weighted by Crippen LogP contribution is -2.26. The van der Waals surface area contributed by atoms with Gasteiger partial charge in [0.25, 0.3) is 5.91 Å². The van der Waals surface area contributed by atoms with Crippen molar-refractivity contribution in [1.82, 2.24) is 4.90 Å². The van der Waals surface area contributed by atoms with Gasteiger partial charge in [0, 0.05) is 29.8 Å². The fourth-order valence-corrected chi connectivity index (χ4v) is 3.51. The second-order valence-electron chi connectivity index (χ2n) is 7.65. The van der Waals surface area contributed by atoms with Crippen molar-refractivity contribution in [2.45, 2.75) is 19.8 Å². The number of amides is 1. The molecule has 0 bridgehead atoms. The third-order valence-electron chi connectivity index (χ3n) is 5.20. The largest absolute Gasteiger partial charge is 0.493 e. The van der Waals surface area contributed by atoms with E-state index in [4.69, 9.17) is 21.3 Å². The van der Waals surface area contributed by atoms with Gasteiger partial charge in [-0.25, -0.2) is 0 Å². The van der Waals surface area contributed by atoms with Crippen LogP contribution in [0.5, 0.6) is 5.75 Å². The van der Waals surface area contributed by atoms with Crippen LogP contribution in [0.3, 0.4) is 0 Å². The van der Waals surface area contributed by atoms with E-state index in [1.165, 1.54) is 0 Å². The third kappa shape index (κ3) is 5.67. The van der Waals surface area contributed by atoms with Crippen LogP contribution in [0.25, 0.3) is 0 Å². The Morgan fingerprint density at radius 1 is 1.25 bits per heavy atom. The Labute approximate surface area is 188 Å². The van der Waals surface area contributed by atoms with Crippen LogP contribution in [-0.2, 0) is 16.0 Å². The molecule has 7 nitrogen and oxygen atoms in total. The summed E-state index contributed by atoms with van der Waals surface area (Å²) in [7, 11) is 1.76. The van der Waals surface area contributed by atoms with E-state index in [9.17, 15) is 9.59 Å². The van der Waals surface area contributed by atoms with Gasteiger partial charge in [-0.05, 0) is 55.3 Å². The summed E-state index contributed by atoms with van der Waals surface area (Å²) in [5.41, 5.74) is 2.79. The number of rotatable bonds is 7. The summed E-state index contributed by atoms with van der Waals surface area (Å²) >= 11 is 0. The van der Waals surface area contributed by atoms with Crippen LogP contribution in [0, 0.1) is 23.7 Å².